The smallest absolute Gasteiger partial charge is 0.142 e. The van der Waals surface area contributed by atoms with Crippen molar-refractivity contribution in [2.75, 3.05) is 6.54 Å². The highest BCUT2D eigenvalue weighted by atomic mass is 79.9. The maximum Gasteiger partial charge on any atom is 0.142 e. The summed E-state index contributed by atoms with van der Waals surface area (Å²) in [6.45, 7) is 4.70. The number of hydrogen-bond acceptors (Lipinski definition) is 1. The van der Waals surface area contributed by atoms with Crippen molar-refractivity contribution in [3.05, 3.63) is 68.4 Å². The van der Waals surface area contributed by atoms with Gasteiger partial charge in [0.1, 0.15) is 5.82 Å². The predicted octanol–water partition coefficient (Wildman–Crippen LogP) is 5.25. The Balaban J connectivity index is 2.53. The van der Waals surface area contributed by atoms with Crippen molar-refractivity contribution in [2.24, 2.45) is 0 Å². The summed E-state index contributed by atoms with van der Waals surface area (Å²) in [4.78, 5) is 0. The molecule has 0 aliphatic heterocycles. The Hall–Kier alpha value is -0.900. The van der Waals surface area contributed by atoms with Crippen LogP contribution >= 0.6 is 27.5 Å². The largest absolute Gasteiger partial charge is 0.306 e. The van der Waals surface area contributed by atoms with Crippen molar-refractivity contribution in [3.63, 3.8) is 0 Å². The third-order valence-corrected chi connectivity index (χ3v) is 4.11. The lowest BCUT2D eigenvalue weighted by atomic mass is 9.97. The summed E-state index contributed by atoms with van der Waals surface area (Å²) in [7, 11) is 0. The molecule has 0 fully saturated rings. The van der Waals surface area contributed by atoms with E-state index < -0.39 is 0 Å². The maximum atomic E-state index is 14.3. The van der Waals surface area contributed by atoms with E-state index in [0.717, 1.165) is 17.7 Å². The van der Waals surface area contributed by atoms with Crippen molar-refractivity contribution in [1.29, 1.82) is 0 Å². The van der Waals surface area contributed by atoms with Crippen LogP contribution in [0.5, 0.6) is 0 Å². The molecule has 4 heteroatoms. The van der Waals surface area contributed by atoms with Crippen LogP contribution in [0.15, 0.2) is 40.9 Å². The third-order valence-electron chi connectivity index (χ3n) is 3.17. The van der Waals surface area contributed by atoms with Crippen LogP contribution in [-0.4, -0.2) is 6.54 Å². The molecular formula is C16H16BrClFN. The van der Waals surface area contributed by atoms with Crippen molar-refractivity contribution in [1.82, 2.24) is 5.32 Å². The van der Waals surface area contributed by atoms with Crippen molar-refractivity contribution < 1.29 is 4.39 Å². The zero-order valence-corrected chi connectivity index (χ0v) is 13.7. The molecule has 0 radical (unpaired) electrons. The lowest BCUT2D eigenvalue weighted by Crippen LogP contribution is -2.23. The molecule has 106 valence electrons. The molecule has 2 rings (SSSR count). The van der Waals surface area contributed by atoms with Crippen LogP contribution in [0, 0.1) is 12.7 Å². The van der Waals surface area contributed by atoms with Gasteiger partial charge in [0.05, 0.1) is 10.5 Å². The first kappa shape index (κ1) is 15.5. The van der Waals surface area contributed by atoms with E-state index in [1.165, 1.54) is 0 Å². The maximum absolute atomic E-state index is 14.3. The average Bonchev–Trinajstić information content (AvgIpc) is 2.40. The van der Waals surface area contributed by atoms with Gasteiger partial charge in [-0.15, -0.1) is 0 Å². The van der Waals surface area contributed by atoms with Gasteiger partial charge < -0.3 is 5.32 Å². The topological polar surface area (TPSA) is 12.0 Å². The summed E-state index contributed by atoms with van der Waals surface area (Å²) in [6, 6.07) is 10.9. The molecule has 0 bridgehead atoms. The van der Waals surface area contributed by atoms with Gasteiger partial charge in [-0.05, 0) is 52.7 Å². The van der Waals surface area contributed by atoms with Crippen molar-refractivity contribution >= 4 is 27.5 Å². The zero-order chi connectivity index (χ0) is 14.7. The molecule has 2 aromatic carbocycles. The Kier molecular flexibility index (Phi) is 5.19. The molecule has 1 nitrogen and oxygen atoms in total. The first-order chi connectivity index (χ1) is 9.54. The zero-order valence-electron chi connectivity index (χ0n) is 11.4. The number of nitrogens with one attached hydrogen (secondary N) is 1. The normalized spacial score (nSPS) is 12.4. The lowest BCUT2D eigenvalue weighted by molar-refractivity contribution is 0.555. The van der Waals surface area contributed by atoms with Gasteiger partial charge in [0.2, 0.25) is 0 Å². The second-order valence-electron chi connectivity index (χ2n) is 4.66. The van der Waals surface area contributed by atoms with Crippen LogP contribution in [0.3, 0.4) is 0 Å². The first-order valence-corrected chi connectivity index (χ1v) is 7.65. The van der Waals surface area contributed by atoms with Crippen molar-refractivity contribution in [2.45, 2.75) is 19.9 Å². The Morgan fingerprint density at radius 3 is 2.65 bits per heavy atom. The average molecular weight is 357 g/mol. The van der Waals surface area contributed by atoms with Gasteiger partial charge in [0.15, 0.2) is 0 Å². The van der Waals surface area contributed by atoms with Gasteiger partial charge in [-0.1, -0.05) is 42.8 Å². The van der Waals surface area contributed by atoms with Crippen molar-refractivity contribution in [3.8, 4) is 0 Å². The third kappa shape index (κ3) is 3.22. The first-order valence-electron chi connectivity index (χ1n) is 6.48. The quantitative estimate of drug-likeness (QED) is 0.789. The van der Waals surface area contributed by atoms with Crippen LogP contribution in [0.4, 0.5) is 4.39 Å². The van der Waals surface area contributed by atoms with Crippen LogP contribution in [0.25, 0.3) is 0 Å². The summed E-state index contributed by atoms with van der Waals surface area (Å²) in [5.74, 6) is -0.255. The molecule has 20 heavy (non-hydrogen) atoms. The van der Waals surface area contributed by atoms with Gasteiger partial charge in [-0.3, -0.25) is 0 Å². The van der Waals surface area contributed by atoms with E-state index in [-0.39, 0.29) is 11.9 Å². The van der Waals surface area contributed by atoms with E-state index >= 15 is 0 Å². The second kappa shape index (κ2) is 6.70. The summed E-state index contributed by atoms with van der Waals surface area (Å²) in [5, 5.41) is 3.95. The van der Waals surface area contributed by atoms with Crippen LogP contribution in [0.2, 0.25) is 5.02 Å². The number of rotatable bonds is 4. The summed E-state index contributed by atoms with van der Waals surface area (Å²) in [5.41, 5.74) is 2.56. The predicted molar refractivity (Wildman–Crippen MR) is 85.8 cm³/mol. The summed E-state index contributed by atoms with van der Waals surface area (Å²) < 4.78 is 14.8. The van der Waals surface area contributed by atoms with Gasteiger partial charge in [-0.2, -0.15) is 0 Å². The van der Waals surface area contributed by atoms with Crippen LogP contribution in [0.1, 0.15) is 29.7 Å². The molecule has 0 saturated carbocycles. The van der Waals surface area contributed by atoms with E-state index in [2.05, 4.69) is 21.2 Å². The Labute approximate surface area is 132 Å². The molecular weight excluding hydrogens is 341 g/mol. The van der Waals surface area contributed by atoms with E-state index in [0.29, 0.717) is 15.1 Å². The monoisotopic (exact) mass is 355 g/mol. The Morgan fingerprint density at radius 2 is 2.00 bits per heavy atom. The highest BCUT2D eigenvalue weighted by Gasteiger charge is 2.20. The minimum absolute atomic E-state index is 0.255. The molecule has 0 aromatic heterocycles. The molecule has 1 N–H and O–H groups in total. The molecule has 0 saturated heterocycles. The Bertz CT molecular complexity index is 615. The number of aryl methyl sites for hydroxylation is 1. The van der Waals surface area contributed by atoms with E-state index in [1.807, 2.05) is 38.1 Å². The van der Waals surface area contributed by atoms with Gasteiger partial charge in [0, 0.05) is 10.6 Å². The number of benzene rings is 2. The molecule has 1 unspecified atom stereocenters. The van der Waals surface area contributed by atoms with Gasteiger partial charge >= 0.3 is 0 Å². The number of hydrogen-bond donors (Lipinski definition) is 1. The van der Waals surface area contributed by atoms with E-state index in [4.69, 9.17) is 11.6 Å². The molecule has 0 aliphatic rings. The van der Waals surface area contributed by atoms with Gasteiger partial charge in [-0.25, -0.2) is 4.39 Å². The molecule has 2 aromatic rings. The minimum atomic E-state index is -0.259. The standard InChI is InChI=1S/C16H16BrClFN/c1-3-20-16(11-8-7-10(2)9-14(11)18)12-5-4-6-13(17)15(12)19/h4-9,16,20H,3H2,1-2H3. The molecule has 1 atom stereocenters. The summed E-state index contributed by atoms with van der Waals surface area (Å²) >= 11 is 9.56. The fourth-order valence-corrected chi connectivity index (χ4v) is 2.93. The van der Waals surface area contributed by atoms with E-state index in [9.17, 15) is 4.39 Å². The molecule has 0 amide bonds. The minimum Gasteiger partial charge on any atom is -0.306 e. The summed E-state index contributed by atoms with van der Waals surface area (Å²) in [6.07, 6.45) is 0. The SMILES string of the molecule is CCNC(c1ccc(C)cc1Cl)c1cccc(Br)c1F. The fourth-order valence-electron chi connectivity index (χ4n) is 2.20. The molecule has 0 aliphatic carbocycles. The van der Waals surface area contributed by atoms with Crippen LogP contribution < -0.4 is 5.32 Å². The highest BCUT2D eigenvalue weighted by Crippen LogP contribution is 2.32. The molecule has 0 spiro atoms. The molecule has 0 heterocycles. The number of halogens is 3. The van der Waals surface area contributed by atoms with E-state index in [1.54, 1.807) is 12.1 Å². The van der Waals surface area contributed by atoms with Crippen LogP contribution in [-0.2, 0) is 0 Å². The second-order valence-corrected chi connectivity index (χ2v) is 5.92. The fraction of sp³-hybridized carbons (Fsp3) is 0.250. The van der Waals surface area contributed by atoms with Gasteiger partial charge in [0.25, 0.3) is 0 Å². The lowest BCUT2D eigenvalue weighted by Gasteiger charge is -2.21. The highest BCUT2D eigenvalue weighted by molar-refractivity contribution is 9.10. The Morgan fingerprint density at radius 1 is 1.25 bits per heavy atom.